The molecular formula is C24H26N2O2. The van der Waals surface area contributed by atoms with Crippen LogP contribution < -0.4 is 9.47 Å². The Morgan fingerprint density at radius 2 is 1.79 bits per heavy atom. The number of ether oxygens (including phenoxy) is 2. The molecule has 1 atom stereocenters. The van der Waals surface area contributed by atoms with Crippen LogP contribution >= 0.6 is 0 Å². The zero-order chi connectivity index (χ0) is 19.3. The molecule has 4 nitrogen and oxygen atoms in total. The third kappa shape index (κ3) is 4.52. The maximum absolute atomic E-state index is 6.05. The fourth-order valence-electron chi connectivity index (χ4n) is 3.42. The van der Waals surface area contributed by atoms with E-state index in [4.69, 9.17) is 9.47 Å². The molecule has 1 unspecified atom stereocenters. The van der Waals surface area contributed by atoms with Crippen molar-refractivity contribution in [2.75, 3.05) is 20.2 Å². The first-order valence-corrected chi connectivity index (χ1v) is 9.76. The molecule has 3 aromatic rings. The number of aromatic nitrogens is 1. The topological polar surface area (TPSA) is 34.6 Å². The summed E-state index contributed by atoms with van der Waals surface area (Å²) in [5.41, 5.74) is 4.78. The van der Waals surface area contributed by atoms with Gasteiger partial charge in [0.1, 0.15) is 12.7 Å². The lowest BCUT2D eigenvalue weighted by Crippen LogP contribution is -2.33. The zero-order valence-electron chi connectivity index (χ0n) is 16.5. The van der Waals surface area contributed by atoms with Crippen molar-refractivity contribution in [3.8, 4) is 22.6 Å². The van der Waals surface area contributed by atoms with Crippen LogP contribution in [0.4, 0.5) is 0 Å². The van der Waals surface area contributed by atoms with Gasteiger partial charge in [0.15, 0.2) is 11.5 Å². The lowest BCUT2D eigenvalue weighted by Gasteiger charge is -2.27. The number of fused-ring (bicyclic) bond motifs is 1. The molecule has 4 heteroatoms. The first kappa shape index (κ1) is 18.5. The molecule has 28 heavy (non-hydrogen) atoms. The summed E-state index contributed by atoms with van der Waals surface area (Å²) < 4.78 is 11.9. The second-order valence-corrected chi connectivity index (χ2v) is 7.43. The van der Waals surface area contributed by atoms with Crippen molar-refractivity contribution in [1.82, 2.24) is 9.88 Å². The molecule has 1 aliphatic heterocycles. The van der Waals surface area contributed by atoms with Crippen LogP contribution in [0, 0.1) is 6.92 Å². The first-order valence-electron chi connectivity index (χ1n) is 9.76. The van der Waals surface area contributed by atoms with E-state index in [1.165, 1.54) is 16.7 Å². The Bertz CT molecular complexity index is 924. The molecule has 0 saturated carbocycles. The minimum absolute atomic E-state index is 0.0872. The van der Waals surface area contributed by atoms with E-state index >= 15 is 0 Å². The summed E-state index contributed by atoms with van der Waals surface area (Å²) >= 11 is 0. The molecule has 0 aliphatic carbocycles. The third-order valence-electron chi connectivity index (χ3n) is 5.03. The lowest BCUT2D eigenvalue weighted by molar-refractivity contribution is 0.0768. The molecule has 0 fully saturated rings. The van der Waals surface area contributed by atoms with Crippen LogP contribution in [0.2, 0.25) is 0 Å². The monoisotopic (exact) mass is 374 g/mol. The number of pyridine rings is 1. The van der Waals surface area contributed by atoms with Crippen molar-refractivity contribution in [3.63, 3.8) is 0 Å². The van der Waals surface area contributed by atoms with Gasteiger partial charge in [-0.05, 0) is 49.4 Å². The van der Waals surface area contributed by atoms with Gasteiger partial charge in [0.25, 0.3) is 0 Å². The highest BCUT2D eigenvalue weighted by molar-refractivity contribution is 5.63. The van der Waals surface area contributed by atoms with Crippen LogP contribution in [0.3, 0.4) is 0 Å². The van der Waals surface area contributed by atoms with E-state index in [1.54, 1.807) is 0 Å². The summed E-state index contributed by atoms with van der Waals surface area (Å²) in [6.45, 7) is 4.44. The predicted molar refractivity (Wildman–Crippen MR) is 112 cm³/mol. The average molecular weight is 374 g/mol. The molecule has 4 rings (SSSR count). The van der Waals surface area contributed by atoms with Gasteiger partial charge in [-0.1, -0.05) is 42.0 Å². The number of nitrogens with zero attached hydrogens (tertiary/aromatic N) is 2. The number of rotatable bonds is 6. The van der Waals surface area contributed by atoms with E-state index in [-0.39, 0.29) is 6.10 Å². The SMILES string of the molecule is Cc1ccc(-c2ccnc(CN(C)CCC3COc4ccccc4O3)c2)cc1. The highest BCUT2D eigenvalue weighted by Gasteiger charge is 2.20. The maximum atomic E-state index is 6.05. The van der Waals surface area contributed by atoms with Gasteiger partial charge in [-0.2, -0.15) is 0 Å². The molecule has 1 aromatic heterocycles. The summed E-state index contributed by atoms with van der Waals surface area (Å²) in [6.07, 6.45) is 2.90. The van der Waals surface area contributed by atoms with E-state index in [0.717, 1.165) is 36.7 Å². The Kier molecular flexibility index (Phi) is 5.58. The van der Waals surface area contributed by atoms with Gasteiger partial charge in [-0.15, -0.1) is 0 Å². The van der Waals surface area contributed by atoms with E-state index in [9.17, 15) is 0 Å². The van der Waals surface area contributed by atoms with Crippen LogP contribution in [0.25, 0.3) is 11.1 Å². The summed E-state index contributed by atoms with van der Waals surface area (Å²) in [4.78, 5) is 6.83. The molecule has 2 heterocycles. The minimum atomic E-state index is 0.0872. The quantitative estimate of drug-likeness (QED) is 0.625. The minimum Gasteiger partial charge on any atom is -0.486 e. The van der Waals surface area contributed by atoms with E-state index in [0.29, 0.717) is 6.61 Å². The van der Waals surface area contributed by atoms with Crippen molar-refractivity contribution in [2.24, 2.45) is 0 Å². The number of para-hydroxylation sites is 2. The van der Waals surface area contributed by atoms with Gasteiger partial charge in [0.05, 0.1) is 5.69 Å². The molecule has 1 aliphatic rings. The molecule has 0 bridgehead atoms. The van der Waals surface area contributed by atoms with Gasteiger partial charge in [-0.3, -0.25) is 4.98 Å². The van der Waals surface area contributed by atoms with Crippen molar-refractivity contribution in [2.45, 2.75) is 26.0 Å². The Hall–Kier alpha value is -2.85. The number of hydrogen-bond acceptors (Lipinski definition) is 4. The third-order valence-corrected chi connectivity index (χ3v) is 5.03. The fraction of sp³-hybridized carbons (Fsp3) is 0.292. The van der Waals surface area contributed by atoms with E-state index in [2.05, 4.69) is 60.3 Å². The molecule has 144 valence electrons. The van der Waals surface area contributed by atoms with Crippen LogP contribution in [0.15, 0.2) is 66.9 Å². The molecule has 0 radical (unpaired) electrons. The summed E-state index contributed by atoms with van der Waals surface area (Å²) in [5.74, 6) is 1.68. The average Bonchev–Trinajstić information content (AvgIpc) is 2.73. The van der Waals surface area contributed by atoms with Gasteiger partial charge in [0.2, 0.25) is 0 Å². The smallest absolute Gasteiger partial charge is 0.161 e. The lowest BCUT2D eigenvalue weighted by atomic mass is 10.0. The second kappa shape index (κ2) is 8.44. The van der Waals surface area contributed by atoms with Crippen LogP contribution in [0.1, 0.15) is 17.7 Å². The van der Waals surface area contributed by atoms with Gasteiger partial charge >= 0.3 is 0 Å². The maximum Gasteiger partial charge on any atom is 0.161 e. The highest BCUT2D eigenvalue weighted by atomic mass is 16.6. The van der Waals surface area contributed by atoms with Gasteiger partial charge in [0, 0.05) is 25.7 Å². The Morgan fingerprint density at radius 3 is 2.61 bits per heavy atom. The zero-order valence-corrected chi connectivity index (χ0v) is 16.5. The van der Waals surface area contributed by atoms with Gasteiger partial charge < -0.3 is 14.4 Å². The van der Waals surface area contributed by atoms with Crippen molar-refractivity contribution in [3.05, 3.63) is 78.1 Å². The van der Waals surface area contributed by atoms with Crippen LogP contribution in [-0.2, 0) is 6.54 Å². The summed E-state index contributed by atoms with van der Waals surface area (Å²) in [7, 11) is 2.12. The number of benzene rings is 2. The standard InChI is InChI=1S/C24H26N2O2/c1-18-7-9-19(10-8-18)20-11-13-25-21(15-20)16-26(2)14-12-22-17-27-23-5-3-4-6-24(23)28-22/h3-11,13,15,22H,12,14,16-17H2,1-2H3. The first-order chi connectivity index (χ1) is 13.7. The molecule has 0 N–H and O–H groups in total. The Morgan fingerprint density at radius 1 is 1.00 bits per heavy atom. The van der Waals surface area contributed by atoms with E-state index < -0.39 is 0 Å². The molecular weight excluding hydrogens is 348 g/mol. The number of aryl methyl sites for hydroxylation is 1. The molecule has 2 aromatic carbocycles. The highest BCUT2D eigenvalue weighted by Crippen LogP contribution is 2.31. The van der Waals surface area contributed by atoms with Crippen molar-refractivity contribution >= 4 is 0 Å². The van der Waals surface area contributed by atoms with Gasteiger partial charge in [-0.25, -0.2) is 0 Å². The van der Waals surface area contributed by atoms with Crippen molar-refractivity contribution in [1.29, 1.82) is 0 Å². The second-order valence-electron chi connectivity index (χ2n) is 7.43. The molecule has 0 saturated heterocycles. The Balaban J connectivity index is 1.32. The Labute approximate surface area is 166 Å². The predicted octanol–water partition coefficient (Wildman–Crippen LogP) is 4.72. The molecule has 0 spiro atoms. The fourth-order valence-corrected chi connectivity index (χ4v) is 3.42. The normalized spacial score (nSPS) is 15.6. The summed E-state index contributed by atoms with van der Waals surface area (Å²) in [6, 6.07) is 20.7. The number of hydrogen-bond donors (Lipinski definition) is 0. The van der Waals surface area contributed by atoms with Crippen molar-refractivity contribution < 1.29 is 9.47 Å². The van der Waals surface area contributed by atoms with Crippen LogP contribution in [0.5, 0.6) is 11.5 Å². The molecule has 0 amide bonds. The van der Waals surface area contributed by atoms with E-state index in [1.807, 2.05) is 30.5 Å². The largest absolute Gasteiger partial charge is 0.486 e. The summed E-state index contributed by atoms with van der Waals surface area (Å²) in [5, 5.41) is 0. The van der Waals surface area contributed by atoms with Crippen LogP contribution in [-0.4, -0.2) is 36.2 Å².